The molecule has 3 rings (SSSR count). The molecule has 6 nitrogen and oxygen atoms in total. The lowest BCUT2D eigenvalue weighted by molar-refractivity contribution is -0.132. The van der Waals surface area contributed by atoms with E-state index in [2.05, 4.69) is 10.1 Å². The number of likely N-dealkylation sites (N-methyl/N-ethyl adjacent to an activating group) is 1. The normalized spacial score (nSPS) is 13.9. The minimum absolute atomic E-state index is 0.137. The van der Waals surface area contributed by atoms with Crippen LogP contribution in [0.5, 0.6) is 5.75 Å². The summed E-state index contributed by atoms with van der Waals surface area (Å²) in [5.41, 5.74) is 0. The van der Waals surface area contributed by atoms with Gasteiger partial charge in [-0.1, -0.05) is 28.4 Å². The van der Waals surface area contributed by atoms with E-state index in [1.165, 1.54) is 4.90 Å². The van der Waals surface area contributed by atoms with Crippen molar-refractivity contribution >= 4 is 29.1 Å². The lowest BCUT2D eigenvalue weighted by Crippen LogP contribution is -2.31. The van der Waals surface area contributed by atoms with Crippen molar-refractivity contribution in [3.05, 3.63) is 40.0 Å². The summed E-state index contributed by atoms with van der Waals surface area (Å²) >= 11 is 11.8. The Kier molecular flexibility index (Phi) is 4.73. The van der Waals surface area contributed by atoms with E-state index >= 15 is 0 Å². The number of carbonyl (C=O) groups is 1. The van der Waals surface area contributed by atoms with Gasteiger partial charge in [0.25, 0.3) is 5.91 Å². The van der Waals surface area contributed by atoms with Gasteiger partial charge in [-0.2, -0.15) is 4.98 Å². The topological polar surface area (TPSA) is 68.5 Å². The summed E-state index contributed by atoms with van der Waals surface area (Å²) in [6.45, 7) is 0.109. The first-order chi connectivity index (χ1) is 11.0. The Balaban J connectivity index is 1.52. The second kappa shape index (κ2) is 6.76. The molecular formula is C15H15Cl2N3O3. The van der Waals surface area contributed by atoms with Gasteiger partial charge < -0.3 is 14.2 Å². The molecule has 0 N–H and O–H groups in total. The zero-order valence-corrected chi connectivity index (χ0v) is 14.0. The molecule has 0 radical (unpaired) electrons. The van der Waals surface area contributed by atoms with Gasteiger partial charge in [-0.3, -0.25) is 4.79 Å². The van der Waals surface area contributed by atoms with Crippen LogP contribution in [0.2, 0.25) is 10.0 Å². The second-order valence-corrected chi connectivity index (χ2v) is 6.28. The number of nitrogens with zero attached hydrogens (tertiary/aromatic N) is 3. The number of hydrogen-bond acceptors (Lipinski definition) is 5. The molecule has 1 aromatic heterocycles. The zero-order chi connectivity index (χ0) is 16.4. The molecule has 2 aromatic rings. The van der Waals surface area contributed by atoms with Crippen LogP contribution >= 0.6 is 23.2 Å². The highest BCUT2D eigenvalue weighted by Crippen LogP contribution is 2.38. The van der Waals surface area contributed by atoms with Gasteiger partial charge in [0.05, 0.1) is 11.6 Å². The summed E-state index contributed by atoms with van der Waals surface area (Å²) in [6, 6.07) is 4.83. The highest BCUT2D eigenvalue weighted by Gasteiger charge is 2.29. The Hall–Kier alpha value is -1.79. The molecule has 23 heavy (non-hydrogen) atoms. The summed E-state index contributed by atoms with van der Waals surface area (Å²) in [6.07, 6.45) is 2.20. The molecule has 1 fully saturated rings. The number of carbonyl (C=O) groups excluding carboxylic acids is 1. The SMILES string of the molecule is CN(Cc1nc(C2CC2)no1)C(=O)COc1ccc(Cl)cc1Cl. The first-order valence-electron chi connectivity index (χ1n) is 7.17. The summed E-state index contributed by atoms with van der Waals surface area (Å²) in [7, 11) is 1.65. The Labute approximate surface area is 143 Å². The maximum absolute atomic E-state index is 12.1. The first-order valence-corrected chi connectivity index (χ1v) is 7.93. The van der Waals surface area contributed by atoms with Crippen LogP contribution in [-0.4, -0.2) is 34.6 Å². The fourth-order valence-corrected chi connectivity index (χ4v) is 2.44. The fraction of sp³-hybridized carbons (Fsp3) is 0.400. The third-order valence-corrected chi connectivity index (χ3v) is 4.00. The van der Waals surface area contributed by atoms with Crippen LogP contribution < -0.4 is 4.74 Å². The van der Waals surface area contributed by atoms with Crippen molar-refractivity contribution in [2.45, 2.75) is 25.3 Å². The summed E-state index contributed by atoms with van der Waals surface area (Å²) in [4.78, 5) is 17.8. The van der Waals surface area contributed by atoms with Crippen molar-refractivity contribution in [2.24, 2.45) is 0 Å². The molecule has 1 amide bonds. The molecule has 0 unspecified atom stereocenters. The molecule has 1 aliphatic carbocycles. The molecule has 0 aliphatic heterocycles. The molecule has 122 valence electrons. The molecule has 0 spiro atoms. The number of rotatable bonds is 6. The van der Waals surface area contributed by atoms with E-state index in [1.807, 2.05) is 0 Å². The van der Waals surface area contributed by atoms with E-state index in [4.69, 9.17) is 32.5 Å². The maximum atomic E-state index is 12.1. The van der Waals surface area contributed by atoms with Crippen molar-refractivity contribution in [1.82, 2.24) is 15.0 Å². The highest BCUT2D eigenvalue weighted by atomic mass is 35.5. The van der Waals surface area contributed by atoms with Crippen LogP contribution in [0, 0.1) is 0 Å². The lowest BCUT2D eigenvalue weighted by Gasteiger charge is -2.15. The van der Waals surface area contributed by atoms with E-state index in [1.54, 1.807) is 25.2 Å². The zero-order valence-electron chi connectivity index (χ0n) is 12.5. The highest BCUT2D eigenvalue weighted by molar-refractivity contribution is 6.35. The molecule has 0 bridgehead atoms. The van der Waals surface area contributed by atoms with Crippen molar-refractivity contribution < 1.29 is 14.1 Å². The van der Waals surface area contributed by atoms with Crippen molar-refractivity contribution in [3.63, 3.8) is 0 Å². The second-order valence-electron chi connectivity index (χ2n) is 5.43. The molecule has 1 saturated carbocycles. The van der Waals surface area contributed by atoms with Gasteiger partial charge in [-0.25, -0.2) is 0 Å². The van der Waals surface area contributed by atoms with Gasteiger partial charge in [-0.05, 0) is 31.0 Å². The van der Waals surface area contributed by atoms with Crippen molar-refractivity contribution in [2.75, 3.05) is 13.7 Å². The molecule has 0 atom stereocenters. The van der Waals surface area contributed by atoms with Crippen LogP contribution in [0.1, 0.15) is 30.5 Å². The average molecular weight is 356 g/mol. The summed E-state index contributed by atoms with van der Waals surface area (Å²) in [5.74, 6) is 1.76. The van der Waals surface area contributed by atoms with Crippen LogP contribution in [0.25, 0.3) is 0 Å². The predicted molar refractivity (Wildman–Crippen MR) is 84.7 cm³/mol. The van der Waals surface area contributed by atoms with Crippen molar-refractivity contribution in [3.8, 4) is 5.75 Å². The monoisotopic (exact) mass is 355 g/mol. The number of aromatic nitrogens is 2. The average Bonchev–Trinajstić information content (AvgIpc) is 3.26. The largest absolute Gasteiger partial charge is 0.482 e. The third kappa shape index (κ3) is 4.14. The van der Waals surface area contributed by atoms with Gasteiger partial charge in [0, 0.05) is 18.0 Å². The molecule has 1 heterocycles. The van der Waals surface area contributed by atoms with E-state index in [-0.39, 0.29) is 19.1 Å². The Morgan fingerprint density at radius 1 is 1.43 bits per heavy atom. The number of hydrogen-bond donors (Lipinski definition) is 0. The number of halogens is 2. The predicted octanol–water partition coefficient (Wildman–Crippen LogP) is 3.29. The minimum atomic E-state index is -0.220. The molecule has 8 heteroatoms. The van der Waals surface area contributed by atoms with E-state index in [9.17, 15) is 4.79 Å². The van der Waals surface area contributed by atoms with E-state index in [0.717, 1.165) is 18.7 Å². The third-order valence-electron chi connectivity index (χ3n) is 3.47. The van der Waals surface area contributed by atoms with Gasteiger partial charge in [0.2, 0.25) is 5.89 Å². The number of amides is 1. The molecular weight excluding hydrogens is 341 g/mol. The van der Waals surface area contributed by atoms with E-state index in [0.29, 0.717) is 27.6 Å². The van der Waals surface area contributed by atoms with Gasteiger partial charge in [0.1, 0.15) is 5.75 Å². The first kappa shape index (κ1) is 16.1. The number of ether oxygens (including phenoxy) is 1. The summed E-state index contributed by atoms with van der Waals surface area (Å²) in [5, 5.41) is 4.79. The van der Waals surface area contributed by atoms with Crippen LogP contribution in [-0.2, 0) is 11.3 Å². The molecule has 1 aliphatic rings. The van der Waals surface area contributed by atoms with Gasteiger partial charge in [0.15, 0.2) is 12.4 Å². The number of benzene rings is 1. The fourth-order valence-electron chi connectivity index (χ4n) is 1.97. The molecule has 1 aromatic carbocycles. The summed E-state index contributed by atoms with van der Waals surface area (Å²) < 4.78 is 10.6. The Bertz CT molecular complexity index is 716. The van der Waals surface area contributed by atoms with Crippen LogP contribution in [0.15, 0.2) is 22.7 Å². The molecule has 0 saturated heterocycles. The lowest BCUT2D eigenvalue weighted by atomic mass is 10.3. The van der Waals surface area contributed by atoms with E-state index < -0.39 is 0 Å². The Morgan fingerprint density at radius 2 is 2.22 bits per heavy atom. The smallest absolute Gasteiger partial charge is 0.260 e. The standard InChI is InChI=1S/C15H15Cl2N3O3/c1-20(7-13-18-15(19-23-13)9-2-3-9)14(21)8-22-12-5-4-10(16)6-11(12)17/h4-6,9H,2-3,7-8H2,1H3. The van der Waals surface area contributed by atoms with Crippen molar-refractivity contribution in [1.29, 1.82) is 0 Å². The van der Waals surface area contributed by atoms with Gasteiger partial charge >= 0.3 is 0 Å². The maximum Gasteiger partial charge on any atom is 0.260 e. The van der Waals surface area contributed by atoms with Gasteiger partial charge in [-0.15, -0.1) is 0 Å². The van der Waals surface area contributed by atoms with Crippen LogP contribution in [0.3, 0.4) is 0 Å². The minimum Gasteiger partial charge on any atom is -0.482 e. The Morgan fingerprint density at radius 3 is 2.91 bits per heavy atom. The van der Waals surface area contributed by atoms with Crippen LogP contribution in [0.4, 0.5) is 0 Å². The quantitative estimate of drug-likeness (QED) is 0.795.